The summed E-state index contributed by atoms with van der Waals surface area (Å²) in [5, 5.41) is 8.44. The molecule has 0 atom stereocenters. The van der Waals surface area contributed by atoms with Crippen LogP contribution in [-0.2, 0) is 0 Å². The minimum absolute atomic E-state index is 0. The van der Waals surface area contributed by atoms with Crippen LogP contribution in [0.1, 0.15) is 17.3 Å². The molecule has 0 saturated heterocycles. The average Bonchev–Trinajstić information content (AvgIpc) is 2.04. The SMILES string of the molecule is CC(=O)c1ccccc1[N+]#N.[Cl-]. The van der Waals surface area contributed by atoms with E-state index in [1.807, 2.05) is 0 Å². The summed E-state index contributed by atoms with van der Waals surface area (Å²) < 4.78 is 0. The molecule has 0 aliphatic rings. The van der Waals surface area contributed by atoms with Gasteiger partial charge in [0.25, 0.3) is 0 Å². The molecule has 3 nitrogen and oxygen atoms in total. The topological polar surface area (TPSA) is 45.2 Å². The summed E-state index contributed by atoms with van der Waals surface area (Å²) in [6, 6.07) is 6.64. The van der Waals surface area contributed by atoms with Crippen molar-refractivity contribution in [2.24, 2.45) is 0 Å². The lowest BCUT2D eigenvalue weighted by Gasteiger charge is -1.87. The van der Waals surface area contributed by atoms with Crippen molar-refractivity contribution in [2.75, 3.05) is 0 Å². The number of hydrogen-bond donors (Lipinski definition) is 0. The number of hydrogen-bond acceptors (Lipinski definition) is 2. The molecule has 1 rings (SSSR count). The Hall–Kier alpha value is -1.40. The zero-order valence-electron chi connectivity index (χ0n) is 6.49. The fraction of sp³-hybridized carbons (Fsp3) is 0.125. The number of carbonyl (C=O) groups is 1. The van der Waals surface area contributed by atoms with E-state index < -0.39 is 0 Å². The molecule has 0 aliphatic heterocycles. The van der Waals surface area contributed by atoms with E-state index in [0.717, 1.165) is 0 Å². The number of carbonyl (C=O) groups excluding carboxylic acids is 1. The van der Waals surface area contributed by atoms with Crippen LogP contribution >= 0.6 is 0 Å². The van der Waals surface area contributed by atoms with Crippen LogP contribution in [0.25, 0.3) is 4.98 Å². The van der Waals surface area contributed by atoms with Crippen molar-refractivity contribution in [2.45, 2.75) is 6.92 Å². The molecule has 4 heteroatoms. The van der Waals surface area contributed by atoms with E-state index in [0.29, 0.717) is 11.3 Å². The number of nitrogens with zero attached hydrogens (tertiary/aromatic N) is 2. The second-order valence-electron chi connectivity index (χ2n) is 2.17. The Balaban J connectivity index is 0.00000121. The van der Waals surface area contributed by atoms with Crippen molar-refractivity contribution in [3.63, 3.8) is 0 Å². The molecule has 0 aromatic heterocycles. The number of benzene rings is 1. The van der Waals surface area contributed by atoms with Crippen LogP contribution in [-0.4, -0.2) is 5.78 Å². The second kappa shape index (κ2) is 4.47. The fourth-order valence-corrected chi connectivity index (χ4v) is 0.859. The molecule has 0 unspecified atom stereocenters. The van der Waals surface area contributed by atoms with Crippen LogP contribution in [0.3, 0.4) is 0 Å². The summed E-state index contributed by atoms with van der Waals surface area (Å²) in [5.41, 5.74) is 0.759. The third kappa shape index (κ3) is 2.04. The van der Waals surface area contributed by atoms with Crippen molar-refractivity contribution in [1.82, 2.24) is 0 Å². The third-order valence-corrected chi connectivity index (χ3v) is 1.39. The Kier molecular flexibility index (Phi) is 3.95. The van der Waals surface area contributed by atoms with Gasteiger partial charge >= 0.3 is 5.69 Å². The van der Waals surface area contributed by atoms with Crippen LogP contribution < -0.4 is 12.4 Å². The monoisotopic (exact) mass is 182 g/mol. The zero-order chi connectivity index (χ0) is 8.27. The predicted molar refractivity (Wildman–Crippen MR) is 41.2 cm³/mol. The number of diazo groups is 1. The maximum Gasteiger partial charge on any atom is 0.395 e. The first-order valence-electron chi connectivity index (χ1n) is 3.21. The summed E-state index contributed by atoms with van der Waals surface area (Å²) in [6.07, 6.45) is 0. The molecule has 12 heavy (non-hydrogen) atoms. The normalized spacial score (nSPS) is 8.00. The van der Waals surface area contributed by atoms with E-state index in [4.69, 9.17) is 5.39 Å². The third-order valence-electron chi connectivity index (χ3n) is 1.39. The second-order valence-corrected chi connectivity index (χ2v) is 2.17. The van der Waals surface area contributed by atoms with Crippen LogP contribution in [0.4, 0.5) is 5.69 Å². The molecular formula is C8H7ClN2O. The summed E-state index contributed by atoms with van der Waals surface area (Å²) in [7, 11) is 0. The van der Waals surface area contributed by atoms with Crippen molar-refractivity contribution in [1.29, 1.82) is 5.39 Å². The van der Waals surface area contributed by atoms with Gasteiger partial charge in [0.1, 0.15) is 5.56 Å². The summed E-state index contributed by atoms with van der Waals surface area (Å²) in [5.74, 6) is -0.0987. The molecule has 1 aromatic carbocycles. The Morgan fingerprint density at radius 1 is 1.42 bits per heavy atom. The maximum absolute atomic E-state index is 10.9. The Labute approximate surface area is 76.4 Å². The van der Waals surface area contributed by atoms with Crippen molar-refractivity contribution in [3.8, 4) is 0 Å². The van der Waals surface area contributed by atoms with E-state index in [1.165, 1.54) is 6.92 Å². The van der Waals surface area contributed by atoms with Gasteiger partial charge in [-0.05, 0) is 13.0 Å². The first kappa shape index (κ1) is 10.6. The van der Waals surface area contributed by atoms with Crippen LogP contribution in [0.15, 0.2) is 24.3 Å². The molecule has 0 spiro atoms. The van der Waals surface area contributed by atoms with Crippen molar-refractivity contribution < 1.29 is 17.2 Å². The number of rotatable bonds is 1. The molecule has 0 fully saturated rings. The molecular weight excluding hydrogens is 176 g/mol. The zero-order valence-corrected chi connectivity index (χ0v) is 7.25. The quantitative estimate of drug-likeness (QED) is 0.429. The maximum atomic E-state index is 10.9. The molecule has 0 N–H and O–H groups in total. The number of Topliss-reactive ketones (excluding diaryl/α,β-unsaturated/α-hetero) is 1. The van der Waals surface area contributed by atoms with Gasteiger partial charge in [-0.25, -0.2) is 0 Å². The van der Waals surface area contributed by atoms with Gasteiger partial charge in [0, 0.05) is 6.07 Å². The van der Waals surface area contributed by atoms with Crippen LogP contribution in [0.2, 0.25) is 0 Å². The predicted octanol–water partition coefficient (Wildman–Crippen LogP) is -0.622. The van der Waals surface area contributed by atoms with Gasteiger partial charge in [0.15, 0.2) is 10.8 Å². The van der Waals surface area contributed by atoms with E-state index in [9.17, 15) is 4.79 Å². The standard InChI is InChI=1S/C8H7N2O.ClH/c1-6(11)7-4-2-3-5-8(7)10-9;/h2-5H,1H3;1H/q+1;/p-1. The minimum atomic E-state index is -0.0987. The Morgan fingerprint density at radius 2 is 2.00 bits per heavy atom. The molecule has 62 valence electrons. The van der Waals surface area contributed by atoms with E-state index in [1.54, 1.807) is 24.3 Å². The van der Waals surface area contributed by atoms with Crippen molar-refractivity contribution in [3.05, 3.63) is 34.8 Å². The highest BCUT2D eigenvalue weighted by Crippen LogP contribution is 2.18. The summed E-state index contributed by atoms with van der Waals surface area (Å²) >= 11 is 0. The van der Waals surface area contributed by atoms with Gasteiger partial charge < -0.3 is 12.4 Å². The first-order chi connectivity index (χ1) is 5.25. The molecule has 0 bridgehead atoms. The number of ketones is 1. The smallest absolute Gasteiger partial charge is 0.395 e. The molecule has 1 aromatic rings. The van der Waals surface area contributed by atoms with Crippen molar-refractivity contribution >= 4 is 11.5 Å². The first-order valence-corrected chi connectivity index (χ1v) is 3.21. The Morgan fingerprint density at radius 3 is 2.42 bits per heavy atom. The van der Waals surface area contributed by atoms with Gasteiger partial charge in [0.2, 0.25) is 5.39 Å². The highest BCUT2D eigenvalue weighted by Gasteiger charge is 2.14. The summed E-state index contributed by atoms with van der Waals surface area (Å²) in [4.78, 5) is 13.8. The fourth-order valence-electron chi connectivity index (χ4n) is 0.859. The minimum Gasteiger partial charge on any atom is -1.00 e. The lowest BCUT2D eigenvalue weighted by atomic mass is 10.1. The molecule has 0 radical (unpaired) electrons. The van der Waals surface area contributed by atoms with Gasteiger partial charge in [-0.3, -0.25) is 4.79 Å². The lowest BCUT2D eigenvalue weighted by molar-refractivity contribution is -0.0000106. The molecule has 0 heterocycles. The number of halogens is 1. The van der Waals surface area contributed by atoms with E-state index >= 15 is 0 Å². The van der Waals surface area contributed by atoms with Gasteiger partial charge in [0.05, 0.1) is 0 Å². The van der Waals surface area contributed by atoms with E-state index in [2.05, 4.69) is 4.98 Å². The summed E-state index contributed by atoms with van der Waals surface area (Å²) in [6.45, 7) is 1.43. The molecule has 0 saturated carbocycles. The van der Waals surface area contributed by atoms with Gasteiger partial charge in [-0.1, -0.05) is 12.1 Å². The molecule has 0 amide bonds. The van der Waals surface area contributed by atoms with Crippen LogP contribution in [0.5, 0.6) is 0 Å². The Bertz CT molecular complexity index is 330. The lowest BCUT2D eigenvalue weighted by Crippen LogP contribution is -3.00. The van der Waals surface area contributed by atoms with E-state index in [-0.39, 0.29) is 18.2 Å². The molecule has 0 aliphatic carbocycles. The highest BCUT2D eigenvalue weighted by molar-refractivity contribution is 5.99. The van der Waals surface area contributed by atoms with Gasteiger partial charge in [-0.15, -0.1) is 0 Å². The average molecular weight is 183 g/mol. The van der Waals surface area contributed by atoms with Crippen LogP contribution in [0, 0.1) is 5.39 Å². The largest absolute Gasteiger partial charge is 1.00 e. The highest BCUT2D eigenvalue weighted by atomic mass is 35.5. The van der Waals surface area contributed by atoms with Gasteiger partial charge in [-0.2, -0.15) is 0 Å².